The maximum atomic E-state index is 4.60. The molecule has 7 heteroatoms. The van der Waals surface area contributed by atoms with Gasteiger partial charge in [-0.3, -0.25) is 0 Å². The van der Waals surface area contributed by atoms with Crippen LogP contribution in [0, 0.1) is 5.92 Å². The first kappa shape index (κ1) is 13.5. The summed E-state index contributed by atoms with van der Waals surface area (Å²) in [5.41, 5.74) is 3.65. The van der Waals surface area contributed by atoms with Gasteiger partial charge >= 0.3 is 0 Å². The number of aromatic nitrogens is 6. The van der Waals surface area contributed by atoms with Crippen LogP contribution in [0.5, 0.6) is 0 Å². The smallest absolute Gasteiger partial charge is 0.241 e. The highest BCUT2D eigenvalue weighted by atomic mass is 15.3. The lowest BCUT2D eigenvalue weighted by Gasteiger charge is -2.12. The van der Waals surface area contributed by atoms with Gasteiger partial charge in [0.1, 0.15) is 0 Å². The van der Waals surface area contributed by atoms with Crippen molar-refractivity contribution in [3.63, 3.8) is 0 Å². The Hall–Kier alpha value is -2.96. The number of rotatable bonds is 4. The fraction of sp³-hybridized carbons (Fsp3) is 0.294. The number of hydrogen-bond acceptors (Lipinski definition) is 5. The van der Waals surface area contributed by atoms with E-state index in [1.54, 1.807) is 10.7 Å². The highest BCUT2D eigenvalue weighted by Crippen LogP contribution is 2.33. The third kappa shape index (κ3) is 2.20. The summed E-state index contributed by atoms with van der Waals surface area (Å²) in [6.07, 6.45) is 9.98. The van der Waals surface area contributed by atoms with Crippen LogP contribution < -0.4 is 5.32 Å². The van der Waals surface area contributed by atoms with E-state index < -0.39 is 0 Å². The SMILES string of the molecule is C[C@@H](Nc1ncc2c(-c3ccc4nccn4n3)ccn2n1)C1CC1. The van der Waals surface area contributed by atoms with Gasteiger partial charge in [-0.1, -0.05) is 0 Å². The van der Waals surface area contributed by atoms with Crippen molar-refractivity contribution in [1.82, 2.24) is 29.2 Å². The van der Waals surface area contributed by atoms with Crippen LogP contribution >= 0.6 is 0 Å². The normalized spacial score (nSPS) is 15.9. The zero-order valence-electron chi connectivity index (χ0n) is 13.3. The van der Waals surface area contributed by atoms with Crippen LogP contribution in [0.3, 0.4) is 0 Å². The van der Waals surface area contributed by atoms with E-state index in [0.29, 0.717) is 12.0 Å². The molecule has 1 atom stereocenters. The maximum Gasteiger partial charge on any atom is 0.241 e. The maximum absolute atomic E-state index is 4.60. The van der Waals surface area contributed by atoms with Crippen LogP contribution in [0.15, 0.2) is 43.0 Å². The second-order valence-electron chi connectivity index (χ2n) is 6.36. The lowest BCUT2D eigenvalue weighted by Crippen LogP contribution is -2.19. The molecule has 1 aliphatic rings. The number of nitrogens with zero attached hydrogens (tertiary/aromatic N) is 6. The number of nitrogens with one attached hydrogen (secondary N) is 1. The predicted molar refractivity (Wildman–Crippen MR) is 90.8 cm³/mol. The molecule has 1 fully saturated rings. The molecule has 120 valence electrons. The minimum Gasteiger partial charge on any atom is -0.350 e. The van der Waals surface area contributed by atoms with Crippen molar-refractivity contribution >= 4 is 17.1 Å². The molecule has 4 heterocycles. The molecular weight excluding hydrogens is 302 g/mol. The van der Waals surface area contributed by atoms with E-state index in [4.69, 9.17) is 0 Å². The molecule has 7 nitrogen and oxygen atoms in total. The Bertz CT molecular complexity index is 1030. The second-order valence-corrected chi connectivity index (χ2v) is 6.36. The summed E-state index contributed by atoms with van der Waals surface area (Å²) < 4.78 is 3.62. The van der Waals surface area contributed by atoms with Crippen molar-refractivity contribution in [2.75, 3.05) is 5.32 Å². The van der Waals surface area contributed by atoms with Crippen LogP contribution in [0.1, 0.15) is 19.8 Å². The average molecular weight is 319 g/mol. The van der Waals surface area contributed by atoms with Crippen LogP contribution in [-0.4, -0.2) is 35.2 Å². The fourth-order valence-corrected chi connectivity index (χ4v) is 3.06. The Balaban J connectivity index is 1.52. The molecule has 0 bridgehead atoms. The first-order chi connectivity index (χ1) is 11.8. The van der Waals surface area contributed by atoms with Crippen molar-refractivity contribution in [2.24, 2.45) is 5.92 Å². The average Bonchev–Trinajstić information content (AvgIpc) is 3.20. The number of fused-ring (bicyclic) bond motifs is 2. The Labute approximate surface area is 138 Å². The zero-order valence-corrected chi connectivity index (χ0v) is 13.3. The summed E-state index contributed by atoms with van der Waals surface area (Å²) in [7, 11) is 0. The van der Waals surface area contributed by atoms with Gasteiger partial charge < -0.3 is 5.32 Å². The van der Waals surface area contributed by atoms with Crippen LogP contribution in [0.4, 0.5) is 5.95 Å². The minimum absolute atomic E-state index is 0.419. The van der Waals surface area contributed by atoms with Crippen molar-refractivity contribution in [1.29, 1.82) is 0 Å². The molecule has 4 aromatic rings. The van der Waals surface area contributed by atoms with Gasteiger partial charge in [-0.15, -0.1) is 5.10 Å². The predicted octanol–water partition coefficient (Wildman–Crippen LogP) is 2.65. The Kier molecular flexibility index (Phi) is 2.82. The van der Waals surface area contributed by atoms with Gasteiger partial charge in [-0.25, -0.2) is 19.0 Å². The van der Waals surface area contributed by atoms with Gasteiger partial charge in [0.05, 0.1) is 17.4 Å². The van der Waals surface area contributed by atoms with E-state index in [9.17, 15) is 0 Å². The number of hydrogen-bond donors (Lipinski definition) is 1. The highest BCUT2D eigenvalue weighted by molar-refractivity contribution is 5.78. The zero-order chi connectivity index (χ0) is 16.1. The topological polar surface area (TPSA) is 72.4 Å². The van der Waals surface area contributed by atoms with Crippen LogP contribution in [0.2, 0.25) is 0 Å². The summed E-state index contributed by atoms with van der Waals surface area (Å²) >= 11 is 0. The van der Waals surface area contributed by atoms with Gasteiger partial charge in [0.25, 0.3) is 0 Å². The summed E-state index contributed by atoms with van der Waals surface area (Å²) in [5.74, 6) is 1.43. The Morgan fingerprint density at radius 2 is 2.00 bits per heavy atom. The summed E-state index contributed by atoms with van der Waals surface area (Å²) in [6, 6.07) is 6.37. The lowest BCUT2D eigenvalue weighted by molar-refractivity contribution is 0.680. The summed E-state index contributed by atoms with van der Waals surface area (Å²) in [5, 5.41) is 12.6. The molecule has 0 unspecified atom stereocenters. The molecule has 0 radical (unpaired) electrons. The minimum atomic E-state index is 0.419. The van der Waals surface area contributed by atoms with E-state index in [2.05, 4.69) is 32.4 Å². The van der Waals surface area contributed by atoms with Crippen molar-refractivity contribution in [2.45, 2.75) is 25.8 Å². The largest absolute Gasteiger partial charge is 0.350 e. The molecule has 0 aromatic carbocycles. The standard InChI is InChI=1S/C17H17N7/c1-11(12-2-3-12)20-17-19-10-15-13(6-8-23(15)22-17)14-4-5-16-18-7-9-24(16)21-14/h4-12H,2-3H2,1H3,(H,20,22)/t11-/m1/s1. The quantitative estimate of drug-likeness (QED) is 0.626. The molecule has 0 saturated heterocycles. The van der Waals surface area contributed by atoms with E-state index in [-0.39, 0.29) is 0 Å². The molecule has 0 amide bonds. The van der Waals surface area contributed by atoms with Crippen LogP contribution in [-0.2, 0) is 0 Å². The molecule has 0 aliphatic heterocycles. The lowest BCUT2D eigenvalue weighted by atomic mass is 10.2. The van der Waals surface area contributed by atoms with E-state index in [1.807, 2.05) is 41.3 Å². The molecule has 24 heavy (non-hydrogen) atoms. The third-order valence-corrected chi connectivity index (χ3v) is 4.63. The first-order valence-corrected chi connectivity index (χ1v) is 8.19. The summed E-state index contributed by atoms with van der Waals surface area (Å²) in [6.45, 7) is 2.19. The van der Waals surface area contributed by atoms with Gasteiger partial charge in [-0.2, -0.15) is 5.10 Å². The van der Waals surface area contributed by atoms with Crippen LogP contribution in [0.25, 0.3) is 22.4 Å². The van der Waals surface area contributed by atoms with Crippen molar-refractivity contribution in [3.05, 3.63) is 43.0 Å². The molecule has 1 aliphatic carbocycles. The molecule has 0 spiro atoms. The monoisotopic (exact) mass is 319 g/mol. The molecule has 1 N–H and O–H groups in total. The van der Waals surface area contributed by atoms with Crippen molar-refractivity contribution in [3.8, 4) is 11.3 Å². The molecule has 4 aromatic heterocycles. The molecule has 5 rings (SSSR count). The first-order valence-electron chi connectivity index (χ1n) is 8.19. The number of anilines is 1. The highest BCUT2D eigenvalue weighted by Gasteiger charge is 2.28. The number of imidazole rings is 1. The van der Waals surface area contributed by atoms with Gasteiger partial charge in [-0.05, 0) is 43.9 Å². The third-order valence-electron chi connectivity index (χ3n) is 4.63. The molecular formula is C17H17N7. The second kappa shape index (κ2) is 5.02. The van der Waals surface area contributed by atoms with E-state index in [1.165, 1.54) is 12.8 Å². The van der Waals surface area contributed by atoms with E-state index in [0.717, 1.165) is 28.3 Å². The van der Waals surface area contributed by atoms with E-state index >= 15 is 0 Å². The van der Waals surface area contributed by atoms with Crippen molar-refractivity contribution < 1.29 is 0 Å². The van der Waals surface area contributed by atoms with Gasteiger partial charge in [0.15, 0.2) is 5.65 Å². The van der Waals surface area contributed by atoms with Gasteiger partial charge in [0.2, 0.25) is 5.95 Å². The van der Waals surface area contributed by atoms with Gasteiger partial charge in [0, 0.05) is 30.2 Å². The summed E-state index contributed by atoms with van der Waals surface area (Å²) in [4.78, 5) is 8.70. The Morgan fingerprint density at radius 1 is 1.08 bits per heavy atom. The Morgan fingerprint density at radius 3 is 2.88 bits per heavy atom. The molecule has 1 saturated carbocycles. The fourth-order valence-electron chi connectivity index (χ4n) is 3.06.